The highest BCUT2D eigenvalue weighted by molar-refractivity contribution is 6.27. The van der Waals surface area contributed by atoms with Crippen LogP contribution in [-0.2, 0) is 11.2 Å². The van der Waals surface area contributed by atoms with E-state index in [4.69, 9.17) is 11.6 Å². The number of rotatable bonds is 5. The van der Waals surface area contributed by atoms with Crippen LogP contribution in [0.25, 0.3) is 0 Å². The van der Waals surface area contributed by atoms with Crippen molar-refractivity contribution in [3.05, 3.63) is 29.3 Å². The molecule has 2 nitrogen and oxygen atoms in total. The zero-order chi connectivity index (χ0) is 14.6. The maximum Gasteiger partial charge on any atom is 0.573 e. The first-order valence-corrected chi connectivity index (χ1v) is 5.50. The molecule has 0 saturated heterocycles. The number of carbonyl (C=O) groups excluding carboxylic acids is 1. The van der Waals surface area contributed by atoms with E-state index in [2.05, 4.69) is 4.74 Å². The van der Waals surface area contributed by atoms with Gasteiger partial charge in [0.2, 0.25) is 0 Å². The Kier molecular flexibility index (Phi) is 5.11. The molecule has 0 saturated carbocycles. The third-order valence-electron chi connectivity index (χ3n) is 2.12. The van der Waals surface area contributed by atoms with Crippen molar-refractivity contribution in [3.63, 3.8) is 0 Å². The number of halogens is 6. The summed E-state index contributed by atoms with van der Waals surface area (Å²) in [5, 5.41) is 0. The lowest BCUT2D eigenvalue weighted by molar-refractivity contribution is -0.274. The van der Waals surface area contributed by atoms with Gasteiger partial charge in [0.15, 0.2) is 5.78 Å². The van der Waals surface area contributed by atoms with Crippen LogP contribution < -0.4 is 4.74 Å². The van der Waals surface area contributed by atoms with Gasteiger partial charge in [0.05, 0.1) is 5.88 Å². The van der Waals surface area contributed by atoms with Crippen LogP contribution in [0.2, 0.25) is 0 Å². The highest BCUT2D eigenvalue weighted by Crippen LogP contribution is 2.30. The van der Waals surface area contributed by atoms with Gasteiger partial charge in [-0.2, -0.15) is 0 Å². The van der Waals surface area contributed by atoms with Crippen LogP contribution in [0, 0.1) is 0 Å². The van der Waals surface area contributed by atoms with E-state index in [1.807, 2.05) is 0 Å². The number of ketones is 1. The van der Waals surface area contributed by atoms with Gasteiger partial charge in [-0.25, -0.2) is 8.78 Å². The van der Waals surface area contributed by atoms with Crippen molar-refractivity contribution in [3.8, 4) is 5.75 Å². The standard InChI is InChI=1S/C11H8ClF5O2/c12-5-7(18)3-6-4-8(19-11(15,16)17)1-2-9(6)10(13)14/h1-2,4,10H,3,5H2. The van der Waals surface area contributed by atoms with Crippen molar-refractivity contribution in [2.45, 2.75) is 19.2 Å². The maximum atomic E-state index is 12.6. The molecule has 19 heavy (non-hydrogen) atoms. The number of alkyl halides is 6. The Labute approximate surface area is 110 Å². The zero-order valence-corrected chi connectivity index (χ0v) is 10.1. The number of carbonyl (C=O) groups is 1. The van der Waals surface area contributed by atoms with Gasteiger partial charge in [-0.1, -0.05) is 0 Å². The Morgan fingerprint density at radius 3 is 2.42 bits per heavy atom. The second-order valence-electron chi connectivity index (χ2n) is 3.56. The van der Waals surface area contributed by atoms with Crippen molar-refractivity contribution in [1.29, 1.82) is 0 Å². The molecule has 0 atom stereocenters. The summed E-state index contributed by atoms with van der Waals surface area (Å²) in [6.07, 6.45) is -8.31. The molecule has 1 rings (SSSR count). The first-order valence-electron chi connectivity index (χ1n) is 4.97. The molecule has 0 bridgehead atoms. The normalized spacial score (nSPS) is 11.7. The number of ether oxygens (including phenoxy) is 1. The molecule has 0 aliphatic rings. The minimum atomic E-state index is -4.93. The van der Waals surface area contributed by atoms with Crippen LogP contribution in [0.4, 0.5) is 22.0 Å². The average Bonchev–Trinajstić information content (AvgIpc) is 2.26. The summed E-state index contributed by atoms with van der Waals surface area (Å²) >= 11 is 5.23. The lowest BCUT2D eigenvalue weighted by Crippen LogP contribution is -2.17. The fraction of sp³-hybridized carbons (Fsp3) is 0.364. The average molecular weight is 303 g/mol. The highest BCUT2D eigenvalue weighted by atomic mass is 35.5. The Bertz CT molecular complexity index is 459. The number of hydrogen-bond acceptors (Lipinski definition) is 2. The van der Waals surface area contributed by atoms with Crippen LogP contribution >= 0.6 is 11.6 Å². The third-order valence-corrected chi connectivity index (χ3v) is 2.42. The Morgan fingerprint density at radius 2 is 1.95 bits per heavy atom. The van der Waals surface area contributed by atoms with Crippen LogP contribution in [0.3, 0.4) is 0 Å². The molecule has 1 aromatic rings. The highest BCUT2D eigenvalue weighted by Gasteiger charge is 2.31. The van der Waals surface area contributed by atoms with E-state index in [1.165, 1.54) is 0 Å². The molecule has 0 spiro atoms. The van der Waals surface area contributed by atoms with Crippen LogP contribution in [0.15, 0.2) is 18.2 Å². The van der Waals surface area contributed by atoms with E-state index >= 15 is 0 Å². The van der Waals surface area contributed by atoms with Gasteiger partial charge >= 0.3 is 6.36 Å². The van der Waals surface area contributed by atoms with Gasteiger partial charge < -0.3 is 4.74 Å². The fourth-order valence-corrected chi connectivity index (χ4v) is 1.50. The molecule has 0 amide bonds. The first kappa shape index (κ1) is 15.7. The van der Waals surface area contributed by atoms with Crippen molar-refractivity contribution in [2.75, 3.05) is 5.88 Å². The molecular weight excluding hydrogens is 295 g/mol. The zero-order valence-electron chi connectivity index (χ0n) is 9.31. The second kappa shape index (κ2) is 6.18. The van der Waals surface area contributed by atoms with E-state index in [9.17, 15) is 26.7 Å². The molecule has 0 fully saturated rings. The molecule has 0 aromatic heterocycles. The lowest BCUT2D eigenvalue weighted by Gasteiger charge is -2.13. The summed E-state index contributed by atoms with van der Waals surface area (Å²) < 4.78 is 64.9. The van der Waals surface area contributed by atoms with E-state index in [-0.39, 0.29) is 5.56 Å². The molecule has 0 aliphatic heterocycles. The van der Waals surface area contributed by atoms with Gasteiger partial charge in [-0.05, 0) is 23.8 Å². The predicted octanol–water partition coefficient (Wildman–Crippen LogP) is 3.87. The van der Waals surface area contributed by atoms with Crippen LogP contribution in [0.1, 0.15) is 17.6 Å². The minimum Gasteiger partial charge on any atom is -0.406 e. The van der Waals surface area contributed by atoms with Crippen molar-refractivity contribution >= 4 is 17.4 Å². The van der Waals surface area contributed by atoms with Crippen molar-refractivity contribution in [2.24, 2.45) is 0 Å². The van der Waals surface area contributed by atoms with Crippen LogP contribution in [0.5, 0.6) is 5.75 Å². The molecule has 0 radical (unpaired) electrons. The van der Waals surface area contributed by atoms with E-state index in [0.29, 0.717) is 0 Å². The van der Waals surface area contributed by atoms with Gasteiger partial charge in [0.1, 0.15) is 5.75 Å². The summed E-state index contributed by atoms with van der Waals surface area (Å²) in [7, 11) is 0. The topological polar surface area (TPSA) is 26.3 Å². The monoisotopic (exact) mass is 302 g/mol. The molecule has 0 heterocycles. The Morgan fingerprint density at radius 1 is 1.32 bits per heavy atom. The smallest absolute Gasteiger partial charge is 0.406 e. The van der Waals surface area contributed by atoms with E-state index in [1.54, 1.807) is 0 Å². The van der Waals surface area contributed by atoms with E-state index < -0.39 is 42.2 Å². The number of hydrogen-bond donors (Lipinski definition) is 0. The summed E-state index contributed by atoms with van der Waals surface area (Å²) in [5.74, 6) is -1.64. The number of benzene rings is 1. The quantitative estimate of drug-likeness (QED) is 0.609. The maximum absolute atomic E-state index is 12.6. The Hall–Kier alpha value is -1.37. The van der Waals surface area contributed by atoms with Gasteiger partial charge in [-0.3, -0.25) is 4.79 Å². The van der Waals surface area contributed by atoms with E-state index in [0.717, 1.165) is 18.2 Å². The fourth-order valence-electron chi connectivity index (χ4n) is 1.40. The molecule has 106 valence electrons. The van der Waals surface area contributed by atoms with Gasteiger partial charge in [0.25, 0.3) is 6.43 Å². The second-order valence-corrected chi connectivity index (χ2v) is 3.83. The van der Waals surface area contributed by atoms with Gasteiger partial charge in [0, 0.05) is 12.0 Å². The Balaban J connectivity index is 3.07. The molecule has 1 aromatic carbocycles. The SMILES string of the molecule is O=C(CCl)Cc1cc(OC(F)(F)F)ccc1C(F)F. The summed E-state index contributed by atoms with van der Waals surface area (Å²) in [6, 6.07) is 2.33. The largest absolute Gasteiger partial charge is 0.573 e. The summed E-state index contributed by atoms with van der Waals surface area (Å²) in [5.41, 5.74) is -0.754. The molecule has 8 heteroatoms. The molecular formula is C11H8ClF5O2. The summed E-state index contributed by atoms with van der Waals surface area (Å²) in [4.78, 5) is 11.1. The van der Waals surface area contributed by atoms with Crippen molar-refractivity contribution in [1.82, 2.24) is 0 Å². The van der Waals surface area contributed by atoms with Crippen LogP contribution in [-0.4, -0.2) is 18.0 Å². The third kappa shape index (κ3) is 5.02. The first-order chi connectivity index (χ1) is 8.73. The molecule has 0 aliphatic carbocycles. The minimum absolute atomic E-state index is 0.234. The summed E-state index contributed by atoms with van der Waals surface area (Å²) in [6.45, 7) is 0. The molecule has 0 unspecified atom stereocenters. The predicted molar refractivity (Wildman–Crippen MR) is 57.5 cm³/mol. The van der Waals surface area contributed by atoms with Gasteiger partial charge in [-0.15, -0.1) is 24.8 Å². The van der Waals surface area contributed by atoms with Crippen molar-refractivity contribution < 1.29 is 31.5 Å². The molecule has 0 N–H and O–H groups in total. The lowest BCUT2D eigenvalue weighted by atomic mass is 10.0. The number of Topliss-reactive ketones (excluding diaryl/α,β-unsaturated/α-hetero) is 1.